The van der Waals surface area contributed by atoms with E-state index in [0.717, 1.165) is 0 Å². The van der Waals surface area contributed by atoms with Crippen LogP contribution in [-0.4, -0.2) is 26.7 Å². The molecule has 0 saturated heterocycles. The molecule has 7 heteroatoms. The number of thiophene rings is 1. The number of halogens is 1. The molecule has 25 heavy (non-hydrogen) atoms. The first kappa shape index (κ1) is 19.0. The summed E-state index contributed by atoms with van der Waals surface area (Å²) >= 11 is 7.27. The zero-order chi connectivity index (χ0) is 18.7. The smallest absolute Gasteiger partial charge is 0.307 e. The molecule has 0 spiro atoms. The molecular formula is C18H18ClNO4S. The van der Waals surface area contributed by atoms with Gasteiger partial charge in [-0.05, 0) is 36.1 Å². The standard InChI is InChI=1S/C16H12ClNO4S.C2H6/c1-8-9(6-15(20)21)10-5-13(19)11(17)7-12(10)18(8)16(22)14-3-2-4-23-14;1-2/h2-5,7,19H,6H2,1H3,(H,20,21);1-2H3. The summed E-state index contributed by atoms with van der Waals surface area (Å²) in [4.78, 5) is 24.4. The minimum Gasteiger partial charge on any atom is -0.506 e. The highest BCUT2D eigenvalue weighted by atomic mass is 35.5. The third-order valence-corrected chi connectivity index (χ3v) is 4.83. The van der Waals surface area contributed by atoms with Gasteiger partial charge >= 0.3 is 5.97 Å². The molecule has 132 valence electrons. The summed E-state index contributed by atoms with van der Waals surface area (Å²) in [6, 6.07) is 6.37. The molecule has 0 aliphatic heterocycles. The predicted octanol–water partition coefficient (Wildman–Crippen LogP) is 4.71. The summed E-state index contributed by atoms with van der Waals surface area (Å²) in [7, 11) is 0. The first-order valence-corrected chi connectivity index (χ1v) is 8.98. The fourth-order valence-electron chi connectivity index (χ4n) is 2.64. The Morgan fingerprint density at radius 1 is 1.28 bits per heavy atom. The quantitative estimate of drug-likeness (QED) is 0.690. The summed E-state index contributed by atoms with van der Waals surface area (Å²) in [6.07, 6.45) is -0.242. The molecule has 5 nitrogen and oxygen atoms in total. The van der Waals surface area contributed by atoms with E-state index in [4.69, 9.17) is 16.7 Å². The summed E-state index contributed by atoms with van der Waals surface area (Å²) in [5, 5.41) is 21.4. The Labute approximate surface area is 154 Å². The van der Waals surface area contributed by atoms with Gasteiger partial charge < -0.3 is 10.2 Å². The van der Waals surface area contributed by atoms with Crippen molar-refractivity contribution in [3.63, 3.8) is 0 Å². The average molecular weight is 380 g/mol. The van der Waals surface area contributed by atoms with Crippen LogP contribution in [0.1, 0.15) is 34.8 Å². The lowest BCUT2D eigenvalue weighted by molar-refractivity contribution is -0.136. The number of nitrogens with zero attached hydrogens (tertiary/aromatic N) is 1. The van der Waals surface area contributed by atoms with E-state index in [1.807, 2.05) is 13.8 Å². The van der Waals surface area contributed by atoms with Crippen molar-refractivity contribution in [1.29, 1.82) is 0 Å². The van der Waals surface area contributed by atoms with Crippen molar-refractivity contribution in [1.82, 2.24) is 4.57 Å². The fraction of sp³-hybridized carbons (Fsp3) is 0.222. The van der Waals surface area contributed by atoms with Crippen LogP contribution < -0.4 is 0 Å². The van der Waals surface area contributed by atoms with E-state index in [2.05, 4.69) is 0 Å². The van der Waals surface area contributed by atoms with E-state index in [0.29, 0.717) is 27.0 Å². The van der Waals surface area contributed by atoms with Gasteiger partial charge in [-0.25, -0.2) is 0 Å². The molecule has 0 bridgehead atoms. The first-order valence-electron chi connectivity index (χ1n) is 7.72. The molecule has 1 aromatic carbocycles. The molecule has 0 atom stereocenters. The van der Waals surface area contributed by atoms with E-state index in [9.17, 15) is 14.7 Å². The molecule has 2 aromatic heterocycles. The fourth-order valence-corrected chi connectivity index (χ4v) is 3.45. The monoisotopic (exact) mass is 379 g/mol. The number of phenolic OH excluding ortho intramolecular Hbond substituents is 1. The Morgan fingerprint density at radius 3 is 2.52 bits per heavy atom. The molecule has 0 aliphatic rings. The number of carboxylic acids is 1. The van der Waals surface area contributed by atoms with Crippen LogP contribution in [0.2, 0.25) is 5.02 Å². The molecule has 3 aromatic rings. The number of phenols is 1. The van der Waals surface area contributed by atoms with Gasteiger partial charge in [-0.1, -0.05) is 31.5 Å². The Morgan fingerprint density at radius 2 is 1.96 bits per heavy atom. The summed E-state index contributed by atoms with van der Waals surface area (Å²) < 4.78 is 1.45. The number of rotatable bonds is 3. The second-order valence-electron chi connectivity index (χ2n) is 5.07. The van der Waals surface area contributed by atoms with Crippen LogP contribution in [0.4, 0.5) is 0 Å². The maximum absolute atomic E-state index is 12.8. The van der Waals surface area contributed by atoms with Gasteiger partial charge in [0.1, 0.15) is 5.75 Å². The lowest BCUT2D eigenvalue weighted by Crippen LogP contribution is -2.12. The summed E-state index contributed by atoms with van der Waals surface area (Å²) in [6.45, 7) is 5.69. The highest BCUT2D eigenvalue weighted by Gasteiger charge is 2.23. The van der Waals surface area contributed by atoms with Crippen LogP contribution in [0.25, 0.3) is 10.9 Å². The van der Waals surface area contributed by atoms with Crippen LogP contribution in [0.5, 0.6) is 5.75 Å². The zero-order valence-electron chi connectivity index (χ0n) is 14.0. The van der Waals surface area contributed by atoms with Crippen LogP contribution in [0.3, 0.4) is 0 Å². The Kier molecular flexibility index (Phi) is 5.87. The van der Waals surface area contributed by atoms with Crippen LogP contribution in [0.15, 0.2) is 29.6 Å². The number of aliphatic carboxylic acids is 1. The molecule has 0 amide bonds. The summed E-state index contributed by atoms with van der Waals surface area (Å²) in [5.41, 5.74) is 1.51. The number of fused-ring (bicyclic) bond motifs is 1. The Bertz CT molecular complexity index is 929. The normalized spacial score (nSPS) is 10.4. The van der Waals surface area contributed by atoms with Gasteiger partial charge in [0.2, 0.25) is 0 Å². The van der Waals surface area contributed by atoms with Crippen molar-refractivity contribution in [2.24, 2.45) is 0 Å². The number of aromatic nitrogens is 1. The highest BCUT2D eigenvalue weighted by molar-refractivity contribution is 7.12. The second-order valence-corrected chi connectivity index (χ2v) is 6.43. The van der Waals surface area contributed by atoms with Gasteiger partial charge in [0.15, 0.2) is 0 Å². The Hall–Kier alpha value is -2.31. The summed E-state index contributed by atoms with van der Waals surface area (Å²) in [5.74, 6) is -1.41. The zero-order valence-corrected chi connectivity index (χ0v) is 15.6. The largest absolute Gasteiger partial charge is 0.506 e. The van der Waals surface area contributed by atoms with Gasteiger partial charge in [0, 0.05) is 11.1 Å². The third-order valence-electron chi connectivity index (χ3n) is 3.67. The van der Waals surface area contributed by atoms with Crippen molar-refractivity contribution in [2.75, 3.05) is 0 Å². The number of hydrogen-bond donors (Lipinski definition) is 2. The topological polar surface area (TPSA) is 79.5 Å². The van der Waals surface area contributed by atoms with Crippen LogP contribution >= 0.6 is 22.9 Å². The van der Waals surface area contributed by atoms with Crippen molar-refractivity contribution in [3.8, 4) is 5.75 Å². The number of aromatic hydroxyl groups is 1. The Balaban J connectivity index is 0.00000109. The first-order chi connectivity index (χ1) is 11.9. The van der Waals surface area contributed by atoms with Crippen molar-refractivity contribution >= 4 is 45.7 Å². The van der Waals surface area contributed by atoms with E-state index < -0.39 is 5.97 Å². The molecule has 0 fully saturated rings. The number of carbonyl (C=O) groups is 2. The van der Waals surface area contributed by atoms with Gasteiger partial charge in [0.25, 0.3) is 5.91 Å². The van der Waals surface area contributed by atoms with Gasteiger partial charge in [-0.15, -0.1) is 11.3 Å². The van der Waals surface area contributed by atoms with Crippen LogP contribution in [-0.2, 0) is 11.2 Å². The van der Waals surface area contributed by atoms with E-state index in [1.54, 1.807) is 24.4 Å². The van der Waals surface area contributed by atoms with E-state index >= 15 is 0 Å². The predicted molar refractivity (Wildman–Crippen MR) is 100 cm³/mol. The molecule has 2 heterocycles. The number of carbonyl (C=O) groups excluding carboxylic acids is 1. The third kappa shape index (κ3) is 3.55. The van der Waals surface area contributed by atoms with E-state index in [1.165, 1.54) is 28.0 Å². The maximum atomic E-state index is 12.8. The molecule has 2 N–H and O–H groups in total. The van der Waals surface area contributed by atoms with Crippen LogP contribution in [0, 0.1) is 6.92 Å². The minimum absolute atomic E-state index is 0.108. The lowest BCUT2D eigenvalue weighted by Gasteiger charge is -2.06. The minimum atomic E-state index is -1.01. The number of carboxylic acid groups (broad SMARTS) is 1. The number of benzene rings is 1. The van der Waals surface area contributed by atoms with E-state index in [-0.39, 0.29) is 23.1 Å². The molecule has 0 aliphatic carbocycles. The van der Waals surface area contributed by atoms with Crippen molar-refractivity contribution in [2.45, 2.75) is 27.2 Å². The van der Waals surface area contributed by atoms with Gasteiger partial charge in [0.05, 0.1) is 21.8 Å². The highest BCUT2D eigenvalue weighted by Crippen LogP contribution is 2.35. The molecule has 0 unspecified atom stereocenters. The molecule has 0 radical (unpaired) electrons. The van der Waals surface area contributed by atoms with Crippen molar-refractivity contribution < 1.29 is 19.8 Å². The van der Waals surface area contributed by atoms with Gasteiger partial charge in [-0.3, -0.25) is 14.2 Å². The second kappa shape index (κ2) is 7.72. The number of hydrogen-bond acceptors (Lipinski definition) is 4. The van der Waals surface area contributed by atoms with Gasteiger partial charge in [-0.2, -0.15) is 0 Å². The van der Waals surface area contributed by atoms with Crippen molar-refractivity contribution in [3.05, 3.63) is 50.8 Å². The maximum Gasteiger partial charge on any atom is 0.307 e. The average Bonchev–Trinajstić information content (AvgIpc) is 3.19. The molecule has 0 saturated carbocycles. The molecule has 3 rings (SSSR count). The SMILES string of the molecule is CC.Cc1c(CC(=O)O)c2cc(O)c(Cl)cc2n1C(=O)c1cccs1. The lowest BCUT2D eigenvalue weighted by atomic mass is 10.1. The molecular weight excluding hydrogens is 362 g/mol.